The zero-order valence-electron chi connectivity index (χ0n) is 14.1. The average molecular weight is 293 g/mol. The number of hydrogen-bond acceptors (Lipinski definition) is 3. The smallest absolute Gasteiger partial charge is 0.0765 e. The molecule has 1 aromatic rings. The average Bonchev–Trinajstić information content (AvgIpc) is 2.44. The molecule has 3 heteroatoms. The Morgan fingerprint density at radius 2 is 1.81 bits per heavy atom. The molecule has 3 nitrogen and oxygen atoms in total. The molecule has 0 bridgehead atoms. The highest BCUT2D eigenvalue weighted by Gasteiger charge is 2.25. The molecule has 0 amide bonds. The van der Waals surface area contributed by atoms with Gasteiger partial charge in [0.1, 0.15) is 0 Å². The van der Waals surface area contributed by atoms with Crippen LogP contribution in [0.2, 0.25) is 0 Å². The van der Waals surface area contributed by atoms with Crippen LogP contribution in [0, 0.1) is 0 Å². The van der Waals surface area contributed by atoms with Crippen molar-refractivity contribution in [1.29, 1.82) is 0 Å². The van der Waals surface area contributed by atoms with Crippen molar-refractivity contribution >= 4 is 0 Å². The SMILES string of the molecule is COCCC(C)(O)CNC(C)CC(C)(C)c1ccccc1. The molecule has 2 atom stereocenters. The summed E-state index contributed by atoms with van der Waals surface area (Å²) in [5, 5.41) is 13.7. The second-order valence-electron chi connectivity index (χ2n) is 6.98. The second kappa shape index (κ2) is 7.92. The number of rotatable bonds is 9. The van der Waals surface area contributed by atoms with Crippen LogP contribution in [0.1, 0.15) is 46.1 Å². The van der Waals surface area contributed by atoms with Crippen molar-refractivity contribution in [3.8, 4) is 0 Å². The van der Waals surface area contributed by atoms with Crippen LogP contribution < -0.4 is 5.32 Å². The fourth-order valence-electron chi connectivity index (χ4n) is 2.65. The Labute approximate surface area is 129 Å². The highest BCUT2D eigenvalue weighted by atomic mass is 16.5. The zero-order valence-corrected chi connectivity index (χ0v) is 14.1. The number of ether oxygens (including phenoxy) is 1. The van der Waals surface area contributed by atoms with Crippen LogP contribution >= 0.6 is 0 Å². The van der Waals surface area contributed by atoms with Gasteiger partial charge in [0.05, 0.1) is 5.60 Å². The lowest BCUT2D eigenvalue weighted by atomic mass is 9.79. The molecule has 1 aromatic carbocycles. The first-order valence-corrected chi connectivity index (χ1v) is 7.77. The minimum atomic E-state index is -0.721. The van der Waals surface area contributed by atoms with Crippen molar-refractivity contribution in [2.45, 2.75) is 57.6 Å². The number of methoxy groups -OCH3 is 1. The van der Waals surface area contributed by atoms with E-state index in [0.717, 1.165) is 6.42 Å². The van der Waals surface area contributed by atoms with Gasteiger partial charge >= 0.3 is 0 Å². The molecule has 0 aromatic heterocycles. The lowest BCUT2D eigenvalue weighted by Gasteiger charge is -2.31. The maximum atomic E-state index is 10.3. The molecule has 0 saturated heterocycles. The molecule has 120 valence electrons. The van der Waals surface area contributed by atoms with Crippen LogP contribution in [0.4, 0.5) is 0 Å². The van der Waals surface area contributed by atoms with Gasteiger partial charge < -0.3 is 15.2 Å². The normalized spacial score (nSPS) is 16.5. The molecule has 2 N–H and O–H groups in total. The maximum absolute atomic E-state index is 10.3. The van der Waals surface area contributed by atoms with E-state index in [1.165, 1.54) is 5.56 Å². The Hall–Kier alpha value is -0.900. The monoisotopic (exact) mass is 293 g/mol. The van der Waals surface area contributed by atoms with Crippen molar-refractivity contribution in [2.75, 3.05) is 20.3 Å². The van der Waals surface area contributed by atoms with Gasteiger partial charge in [0.2, 0.25) is 0 Å². The van der Waals surface area contributed by atoms with Crippen LogP contribution in [0.15, 0.2) is 30.3 Å². The summed E-state index contributed by atoms with van der Waals surface area (Å²) in [5.41, 5.74) is 0.748. The summed E-state index contributed by atoms with van der Waals surface area (Å²) in [6, 6.07) is 10.9. The minimum Gasteiger partial charge on any atom is -0.389 e. The first-order chi connectivity index (χ1) is 9.77. The van der Waals surface area contributed by atoms with Gasteiger partial charge in [0.25, 0.3) is 0 Å². The number of nitrogens with one attached hydrogen (secondary N) is 1. The van der Waals surface area contributed by atoms with Gasteiger partial charge in [0.15, 0.2) is 0 Å². The van der Waals surface area contributed by atoms with E-state index in [1.54, 1.807) is 7.11 Å². The van der Waals surface area contributed by atoms with Crippen molar-refractivity contribution in [1.82, 2.24) is 5.32 Å². The number of aliphatic hydroxyl groups is 1. The molecule has 0 saturated carbocycles. The van der Waals surface area contributed by atoms with Crippen LogP contribution in [0.3, 0.4) is 0 Å². The molecule has 21 heavy (non-hydrogen) atoms. The third kappa shape index (κ3) is 6.60. The Bertz CT molecular complexity index is 401. The maximum Gasteiger partial charge on any atom is 0.0765 e. The minimum absolute atomic E-state index is 0.117. The summed E-state index contributed by atoms with van der Waals surface area (Å²) in [6.45, 7) is 9.74. The molecule has 0 fully saturated rings. The molecular formula is C18H31NO2. The van der Waals surface area contributed by atoms with Crippen molar-refractivity contribution in [2.24, 2.45) is 0 Å². The molecule has 0 aliphatic carbocycles. The predicted molar refractivity (Wildman–Crippen MR) is 88.7 cm³/mol. The molecule has 0 aliphatic heterocycles. The standard InChI is InChI=1S/C18H31NO2/c1-15(19-14-18(4,20)11-12-21-5)13-17(2,3)16-9-7-6-8-10-16/h6-10,15,19-20H,11-14H2,1-5H3. The topological polar surface area (TPSA) is 41.5 Å². The van der Waals surface area contributed by atoms with Crippen LogP contribution in [-0.4, -0.2) is 37.0 Å². The summed E-state index contributed by atoms with van der Waals surface area (Å²) in [7, 11) is 1.66. The van der Waals surface area contributed by atoms with Crippen LogP contribution in [0.5, 0.6) is 0 Å². The van der Waals surface area contributed by atoms with Gasteiger partial charge in [0, 0.05) is 32.7 Å². The highest BCUT2D eigenvalue weighted by molar-refractivity contribution is 5.23. The zero-order chi connectivity index (χ0) is 15.9. The second-order valence-corrected chi connectivity index (χ2v) is 6.98. The molecule has 0 aliphatic rings. The third-order valence-corrected chi connectivity index (χ3v) is 4.05. The molecule has 0 radical (unpaired) electrons. The summed E-state index contributed by atoms with van der Waals surface area (Å²) >= 11 is 0. The van der Waals surface area contributed by atoms with Gasteiger partial charge in [-0.1, -0.05) is 44.2 Å². The van der Waals surface area contributed by atoms with E-state index in [-0.39, 0.29) is 5.41 Å². The largest absolute Gasteiger partial charge is 0.389 e. The van der Waals surface area contributed by atoms with E-state index in [1.807, 2.05) is 13.0 Å². The fraction of sp³-hybridized carbons (Fsp3) is 0.667. The van der Waals surface area contributed by atoms with Gasteiger partial charge in [-0.3, -0.25) is 0 Å². The Balaban J connectivity index is 2.48. The number of benzene rings is 1. The molecule has 0 spiro atoms. The molecule has 0 heterocycles. The summed E-state index contributed by atoms with van der Waals surface area (Å²) < 4.78 is 5.04. The molecule has 2 unspecified atom stereocenters. The predicted octanol–water partition coefficient (Wildman–Crippen LogP) is 3.12. The summed E-state index contributed by atoms with van der Waals surface area (Å²) in [6.07, 6.45) is 1.67. The Morgan fingerprint density at radius 1 is 1.19 bits per heavy atom. The molecular weight excluding hydrogens is 262 g/mol. The quantitative estimate of drug-likeness (QED) is 0.735. The van der Waals surface area contributed by atoms with Gasteiger partial charge in [-0.25, -0.2) is 0 Å². The highest BCUT2D eigenvalue weighted by Crippen LogP contribution is 2.28. The summed E-state index contributed by atoms with van der Waals surface area (Å²) in [4.78, 5) is 0. The first-order valence-electron chi connectivity index (χ1n) is 7.77. The van der Waals surface area contributed by atoms with E-state index in [0.29, 0.717) is 25.6 Å². The van der Waals surface area contributed by atoms with E-state index in [9.17, 15) is 5.11 Å². The lowest BCUT2D eigenvalue weighted by molar-refractivity contribution is 0.0225. The van der Waals surface area contributed by atoms with E-state index >= 15 is 0 Å². The van der Waals surface area contributed by atoms with E-state index in [4.69, 9.17) is 4.74 Å². The first kappa shape index (κ1) is 18.1. The van der Waals surface area contributed by atoms with Crippen LogP contribution in [0.25, 0.3) is 0 Å². The Morgan fingerprint density at radius 3 is 2.38 bits per heavy atom. The van der Waals surface area contributed by atoms with Gasteiger partial charge in [-0.05, 0) is 31.2 Å². The molecule has 1 rings (SSSR count). The van der Waals surface area contributed by atoms with E-state index < -0.39 is 5.60 Å². The third-order valence-electron chi connectivity index (χ3n) is 4.05. The van der Waals surface area contributed by atoms with E-state index in [2.05, 4.69) is 50.4 Å². The fourth-order valence-corrected chi connectivity index (χ4v) is 2.65. The van der Waals surface area contributed by atoms with Crippen molar-refractivity contribution in [3.63, 3.8) is 0 Å². The summed E-state index contributed by atoms with van der Waals surface area (Å²) in [5.74, 6) is 0. The number of hydrogen-bond donors (Lipinski definition) is 2. The Kier molecular flexibility index (Phi) is 6.85. The van der Waals surface area contributed by atoms with Crippen molar-refractivity contribution < 1.29 is 9.84 Å². The van der Waals surface area contributed by atoms with Crippen LogP contribution in [-0.2, 0) is 10.2 Å². The van der Waals surface area contributed by atoms with Crippen molar-refractivity contribution in [3.05, 3.63) is 35.9 Å². The van der Waals surface area contributed by atoms with Gasteiger partial charge in [-0.15, -0.1) is 0 Å². The lowest BCUT2D eigenvalue weighted by Crippen LogP contribution is -2.44. The van der Waals surface area contributed by atoms with Gasteiger partial charge in [-0.2, -0.15) is 0 Å².